The minimum atomic E-state index is 0.112. The summed E-state index contributed by atoms with van der Waals surface area (Å²) in [5, 5.41) is 0. The maximum Gasteiger partial charge on any atom is 0.228 e. The molecule has 2 fully saturated rings. The number of aromatic nitrogens is 1. The standard InChI is InChI=1S/C18H21N3OS/c1-14-5-6-15(23-14)11-20-9-7-18(12-20)10-17(22)21(13-18)16-4-2-3-8-19-16/h2-6,8H,7,9-13H2,1H3/t18-/m0/s1. The second kappa shape index (κ2) is 5.73. The number of thiophene rings is 1. The number of carbonyl (C=O) groups is 1. The van der Waals surface area contributed by atoms with Gasteiger partial charge in [0.2, 0.25) is 5.91 Å². The van der Waals surface area contributed by atoms with E-state index in [-0.39, 0.29) is 11.3 Å². The Morgan fingerprint density at radius 1 is 1.26 bits per heavy atom. The fourth-order valence-electron chi connectivity index (χ4n) is 3.84. The van der Waals surface area contributed by atoms with Gasteiger partial charge in [-0.2, -0.15) is 0 Å². The van der Waals surface area contributed by atoms with Gasteiger partial charge in [-0.05, 0) is 44.2 Å². The van der Waals surface area contributed by atoms with Crippen LogP contribution < -0.4 is 4.90 Å². The monoisotopic (exact) mass is 327 g/mol. The molecule has 1 amide bonds. The number of amides is 1. The third kappa shape index (κ3) is 2.91. The molecule has 4 nitrogen and oxygen atoms in total. The Bertz CT molecular complexity index is 714. The van der Waals surface area contributed by atoms with Gasteiger partial charge in [0.25, 0.3) is 0 Å². The predicted octanol–water partition coefficient (Wildman–Crippen LogP) is 3.08. The molecular formula is C18H21N3OS. The van der Waals surface area contributed by atoms with Crippen molar-refractivity contribution in [3.63, 3.8) is 0 Å². The van der Waals surface area contributed by atoms with Crippen molar-refractivity contribution in [1.82, 2.24) is 9.88 Å². The molecule has 120 valence electrons. The Labute approximate surface area is 140 Å². The highest BCUT2D eigenvalue weighted by molar-refractivity contribution is 7.11. The molecule has 2 aliphatic heterocycles. The summed E-state index contributed by atoms with van der Waals surface area (Å²) in [7, 11) is 0. The number of hydrogen-bond acceptors (Lipinski definition) is 4. The van der Waals surface area contributed by atoms with Crippen LogP contribution in [0.3, 0.4) is 0 Å². The van der Waals surface area contributed by atoms with Gasteiger partial charge in [-0.3, -0.25) is 14.6 Å². The van der Waals surface area contributed by atoms with E-state index in [1.165, 1.54) is 9.75 Å². The maximum atomic E-state index is 12.5. The maximum absolute atomic E-state index is 12.5. The van der Waals surface area contributed by atoms with Crippen molar-refractivity contribution in [3.05, 3.63) is 46.3 Å². The molecule has 0 radical (unpaired) electrons. The van der Waals surface area contributed by atoms with Crippen molar-refractivity contribution in [2.24, 2.45) is 5.41 Å². The Morgan fingerprint density at radius 2 is 2.17 bits per heavy atom. The molecule has 5 heteroatoms. The van der Waals surface area contributed by atoms with Gasteiger partial charge in [-0.15, -0.1) is 11.3 Å². The summed E-state index contributed by atoms with van der Waals surface area (Å²) in [6, 6.07) is 10.2. The number of aryl methyl sites for hydroxylation is 1. The Hall–Kier alpha value is -1.72. The van der Waals surface area contributed by atoms with Gasteiger partial charge in [0, 0.05) is 47.4 Å². The number of likely N-dealkylation sites (tertiary alicyclic amines) is 1. The third-order valence-corrected chi connectivity index (χ3v) is 5.92. The van der Waals surface area contributed by atoms with E-state index in [1.54, 1.807) is 6.20 Å². The van der Waals surface area contributed by atoms with E-state index in [4.69, 9.17) is 0 Å². The van der Waals surface area contributed by atoms with Crippen molar-refractivity contribution in [2.45, 2.75) is 26.3 Å². The molecule has 1 atom stereocenters. The Morgan fingerprint density at radius 3 is 2.91 bits per heavy atom. The van der Waals surface area contributed by atoms with Crippen molar-refractivity contribution in [2.75, 3.05) is 24.5 Å². The Kier molecular flexibility index (Phi) is 3.70. The van der Waals surface area contributed by atoms with Crippen molar-refractivity contribution in [1.29, 1.82) is 0 Å². The van der Waals surface area contributed by atoms with Crippen molar-refractivity contribution in [3.8, 4) is 0 Å². The molecule has 0 aromatic carbocycles. The van der Waals surface area contributed by atoms with E-state index in [2.05, 4.69) is 28.9 Å². The zero-order chi connectivity index (χ0) is 15.9. The van der Waals surface area contributed by atoms with Crippen molar-refractivity contribution >= 4 is 23.1 Å². The molecule has 0 unspecified atom stereocenters. The molecular weight excluding hydrogens is 306 g/mol. The quantitative estimate of drug-likeness (QED) is 0.869. The molecule has 23 heavy (non-hydrogen) atoms. The van der Waals surface area contributed by atoms with Crippen molar-refractivity contribution < 1.29 is 4.79 Å². The molecule has 1 spiro atoms. The molecule has 4 heterocycles. The summed E-state index contributed by atoms with van der Waals surface area (Å²) in [5.41, 5.74) is 0.112. The number of anilines is 1. The molecule has 0 bridgehead atoms. The average molecular weight is 327 g/mol. The molecule has 2 saturated heterocycles. The minimum absolute atomic E-state index is 0.112. The van der Waals surface area contributed by atoms with Gasteiger partial charge in [-0.25, -0.2) is 4.98 Å². The van der Waals surface area contributed by atoms with E-state index >= 15 is 0 Å². The summed E-state index contributed by atoms with van der Waals surface area (Å²) in [5.74, 6) is 1.01. The lowest BCUT2D eigenvalue weighted by molar-refractivity contribution is -0.117. The lowest BCUT2D eigenvalue weighted by atomic mass is 9.86. The second-order valence-corrected chi connectivity index (χ2v) is 8.19. The Balaban J connectivity index is 1.45. The van der Waals surface area contributed by atoms with E-state index in [0.717, 1.165) is 38.4 Å². The molecule has 0 aliphatic carbocycles. The zero-order valence-corrected chi connectivity index (χ0v) is 14.2. The van der Waals surface area contributed by atoms with E-state index in [0.29, 0.717) is 6.42 Å². The first-order chi connectivity index (χ1) is 11.1. The number of rotatable bonds is 3. The zero-order valence-electron chi connectivity index (χ0n) is 13.4. The van der Waals surface area contributed by atoms with Gasteiger partial charge in [0.05, 0.1) is 0 Å². The van der Waals surface area contributed by atoms with Gasteiger partial charge >= 0.3 is 0 Å². The van der Waals surface area contributed by atoms with E-state index in [9.17, 15) is 4.79 Å². The smallest absolute Gasteiger partial charge is 0.228 e. The first-order valence-electron chi connectivity index (χ1n) is 8.13. The highest BCUT2D eigenvalue weighted by Crippen LogP contribution is 2.42. The highest BCUT2D eigenvalue weighted by Gasteiger charge is 2.47. The van der Waals surface area contributed by atoms with E-state index < -0.39 is 0 Å². The SMILES string of the molecule is Cc1ccc(CN2CC[C@]3(CC(=O)N(c4ccccn4)C3)C2)s1. The lowest BCUT2D eigenvalue weighted by Gasteiger charge is -2.23. The lowest BCUT2D eigenvalue weighted by Crippen LogP contribution is -2.31. The fourth-order valence-corrected chi connectivity index (χ4v) is 4.78. The van der Waals surface area contributed by atoms with Crippen LogP contribution in [0.25, 0.3) is 0 Å². The molecule has 2 aromatic rings. The molecule has 2 aromatic heterocycles. The van der Waals surface area contributed by atoms with E-state index in [1.807, 2.05) is 34.4 Å². The van der Waals surface area contributed by atoms with Crippen LogP contribution in [-0.2, 0) is 11.3 Å². The van der Waals surface area contributed by atoms with Gasteiger partial charge in [0.15, 0.2) is 0 Å². The summed E-state index contributed by atoms with van der Waals surface area (Å²) in [4.78, 5) is 24.0. The first-order valence-corrected chi connectivity index (χ1v) is 8.94. The topological polar surface area (TPSA) is 36.4 Å². The first kappa shape index (κ1) is 14.8. The molecule has 4 rings (SSSR count). The normalized spacial score (nSPS) is 24.9. The fraction of sp³-hybridized carbons (Fsp3) is 0.444. The number of nitrogens with zero attached hydrogens (tertiary/aromatic N) is 3. The van der Waals surface area contributed by atoms with Crippen LogP contribution in [0.1, 0.15) is 22.6 Å². The number of pyridine rings is 1. The molecule has 2 aliphatic rings. The van der Waals surface area contributed by atoms with Gasteiger partial charge < -0.3 is 0 Å². The molecule has 0 saturated carbocycles. The minimum Gasteiger partial charge on any atom is -0.298 e. The summed E-state index contributed by atoms with van der Waals surface area (Å²) >= 11 is 1.87. The van der Waals surface area contributed by atoms with Crippen LogP contribution in [-0.4, -0.2) is 35.4 Å². The average Bonchev–Trinajstić information content (AvgIpc) is 3.22. The largest absolute Gasteiger partial charge is 0.298 e. The summed E-state index contributed by atoms with van der Waals surface area (Å²) in [6.07, 6.45) is 3.52. The van der Waals surface area contributed by atoms with Crippen LogP contribution in [0.15, 0.2) is 36.5 Å². The summed E-state index contributed by atoms with van der Waals surface area (Å²) in [6.45, 7) is 6.07. The second-order valence-electron chi connectivity index (χ2n) is 6.82. The van der Waals surface area contributed by atoms with Crippen LogP contribution >= 0.6 is 11.3 Å². The van der Waals surface area contributed by atoms with Gasteiger partial charge in [-0.1, -0.05) is 6.07 Å². The molecule has 0 N–H and O–H groups in total. The number of hydrogen-bond donors (Lipinski definition) is 0. The van der Waals surface area contributed by atoms with Gasteiger partial charge in [0.1, 0.15) is 5.82 Å². The van der Waals surface area contributed by atoms with Crippen LogP contribution in [0.2, 0.25) is 0 Å². The third-order valence-electron chi connectivity index (χ3n) is 4.94. The van der Waals surface area contributed by atoms with Crippen LogP contribution in [0.4, 0.5) is 5.82 Å². The number of carbonyl (C=O) groups excluding carboxylic acids is 1. The highest BCUT2D eigenvalue weighted by atomic mass is 32.1. The summed E-state index contributed by atoms with van der Waals surface area (Å²) < 4.78 is 0. The van der Waals surface area contributed by atoms with Crippen LogP contribution in [0, 0.1) is 12.3 Å². The predicted molar refractivity (Wildman–Crippen MR) is 92.6 cm³/mol. The van der Waals surface area contributed by atoms with Crippen LogP contribution in [0.5, 0.6) is 0 Å².